The summed E-state index contributed by atoms with van der Waals surface area (Å²) in [6, 6.07) is 0. The summed E-state index contributed by atoms with van der Waals surface area (Å²) in [4.78, 5) is 11.1. The van der Waals surface area contributed by atoms with Gasteiger partial charge in [-0.3, -0.25) is 4.79 Å². The van der Waals surface area contributed by atoms with Gasteiger partial charge in [0.2, 0.25) is 0 Å². The zero-order valence-corrected chi connectivity index (χ0v) is 17.9. The molecular weight excluding hydrogens is 352 g/mol. The van der Waals surface area contributed by atoms with Gasteiger partial charge in [0.1, 0.15) is 0 Å². The monoisotopic (exact) mass is 392 g/mol. The number of carbonyl (C=O) groups is 1. The number of rotatable bonds is 4. The lowest BCUT2D eigenvalue weighted by atomic mass is 9.43. The lowest BCUT2D eigenvalue weighted by Gasteiger charge is -2.62. The molecule has 0 bridgehead atoms. The van der Waals surface area contributed by atoms with Gasteiger partial charge in [-0.1, -0.05) is 20.8 Å². The molecule has 0 amide bonds. The van der Waals surface area contributed by atoms with E-state index < -0.39 is 5.97 Å². The Kier molecular flexibility index (Phi) is 5.36. The number of aliphatic hydroxyl groups is 2. The van der Waals surface area contributed by atoms with E-state index in [1.54, 1.807) is 0 Å². The predicted molar refractivity (Wildman–Crippen MR) is 109 cm³/mol. The van der Waals surface area contributed by atoms with Crippen LogP contribution in [0.15, 0.2) is 0 Å². The third kappa shape index (κ3) is 3.14. The number of hydrogen-bond donors (Lipinski definition) is 3. The Morgan fingerprint density at radius 2 is 1.68 bits per heavy atom. The lowest BCUT2D eigenvalue weighted by molar-refractivity contribution is -0.174. The van der Waals surface area contributed by atoms with E-state index >= 15 is 0 Å². The first-order valence-corrected chi connectivity index (χ1v) is 11.7. The van der Waals surface area contributed by atoms with Crippen LogP contribution in [0, 0.1) is 46.3 Å². The standard InChI is InChI=1S/C24H40O4/c1-14(4-7-21(27)28)17-5-6-18-22-19(9-11-24(17,18)3)23(2)10-8-16(25)12-15(23)13-20(22)26/h14-20,22,25-26H,4-13H2,1-3H3,(H,27,28)/t14-,15+,16+,17-,18-,19+,20+,22-,23-,24+/m0/s1. The van der Waals surface area contributed by atoms with Crippen LogP contribution in [0.2, 0.25) is 0 Å². The molecule has 4 rings (SSSR count). The first-order valence-electron chi connectivity index (χ1n) is 11.7. The SMILES string of the molecule is C[C@@H](CCC(=O)O)[C@@H]1CC[C@H]2[C@@H]3[C@H](O)C[C@H]4C[C@H](O)CC[C@]4(C)[C@@H]3CC[C@@]21C. The minimum Gasteiger partial charge on any atom is -0.481 e. The van der Waals surface area contributed by atoms with Gasteiger partial charge in [0.25, 0.3) is 0 Å². The zero-order chi connectivity index (χ0) is 20.3. The molecule has 4 saturated carbocycles. The molecule has 28 heavy (non-hydrogen) atoms. The zero-order valence-electron chi connectivity index (χ0n) is 17.9. The van der Waals surface area contributed by atoms with Crippen LogP contribution in [0.3, 0.4) is 0 Å². The van der Waals surface area contributed by atoms with E-state index in [9.17, 15) is 15.0 Å². The second-order valence-electron chi connectivity index (χ2n) is 11.4. The third-order valence-corrected chi connectivity index (χ3v) is 10.2. The molecule has 0 aromatic carbocycles. The summed E-state index contributed by atoms with van der Waals surface area (Å²) in [6.45, 7) is 7.16. The normalized spacial score (nSPS) is 51.7. The van der Waals surface area contributed by atoms with E-state index in [4.69, 9.17) is 5.11 Å². The molecule has 0 unspecified atom stereocenters. The van der Waals surface area contributed by atoms with Crippen molar-refractivity contribution in [2.45, 2.75) is 97.2 Å². The van der Waals surface area contributed by atoms with Crippen molar-refractivity contribution in [1.29, 1.82) is 0 Å². The lowest BCUT2D eigenvalue weighted by Crippen LogP contribution is -2.58. The number of fused-ring (bicyclic) bond motifs is 5. The van der Waals surface area contributed by atoms with Crippen LogP contribution in [-0.2, 0) is 4.79 Å². The smallest absolute Gasteiger partial charge is 0.303 e. The van der Waals surface area contributed by atoms with E-state index in [1.807, 2.05) is 0 Å². The number of hydrogen-bond acceptors (Lipinski definition) is 3. The fourth-order valence-electron chi connectivity index (χ4n) is 8.73. The molecule has 0 saturated heterocycles. The predicted octanol–water partition coefficient (Wildman–Crippen LogP) is 4.48. The van der Waals surface area contributed by atoms with Gasteiger partial charge in [-0.15, -0.1) is 0 Å². The molecule has 4 nitrogen and oxygen atoms in total. The van der Waals surface area contributed by atoms with Crippen LogP contribution >= 0.6 is 0 Å². The van der Waals surface area contributed by atoms with Crippen molar-refractivity contribution in [3.8, 4) is 0 Å². The van der Waals surface area contributed by atoms with Gasteiger partial charge in [-0.25, -0.2) is 0 Å². The van der Waals surface area contributed by atoms with E-state index in [2.05, 4.69) is 20.8 Å². The van der Waals surface area contributed by atoms with Crippen molar-refractivity contribution in [3.63, 3.8) is 0 Å². The Bertz CT molecular complexity index is 605. The highest BCUT2D eigenvalue weighted by Gasteiger charge is 2.62. The summed E-state index contributed by atoms with van der Waals surface area (Å²) in [5.74, 6) is 2.36. The first-order chi connectivity index (χ1) is 13.2. The second kappa shape index (κ2) is 7.27. The Balaban J connectivity index is 1.55. The summed E-state index contributed by atoms with van der Waals surface area (Å²) >= 11 is 0. The van der Waals surface area contributed by atoms with Crippen molar-refractivity contribution in [2.24, 2.45) is 46.3 Å². The van der Waals surface area contributed by atoms with Gasteiger partial charge in [-0.05, 0) is 104 Å². The number of carboxylic acid groups (broad SMARTS) is 1. The number of carboxylic acids is 1. The molecule has 0 aromatic heterocycles. The van der Waals surface area contributed by atoms with Gasteiger partial charge in [-0.2, -0.15) is 0 Å². The highest BCUT2D eigenvalue weighted by atomic mass is 16.4. The molecule has 0 radical (unpaired) electrons. The van der Waals surface area contributed by atoms with Crippen LogP contribution in [-0.4, -0.2) is 33.5 Å². The molecule has 0 aliphatic heterocycles. The number of aliphatic carboxylic acids is 1. The summed E-state index contributed by atoms with van der Waals surface area (Å²) in [5, 5.41) is 30.5. The van der Waals surface area contributed by atoms with Gasteiger partial charge >= 0.3 is 5.97 Å². The first kappa shape index (κ1) is 20.7. The molecule has 3 N–H and O–H groups in total. The average molecular weight is 393 g/mol. The molecule has 160 valence electrons. The largest absolute Gasteiger partial charge is 0.481 e. The van der Waals surface area contributed by atoms with E-state index in [0.717, 1.165) is 32.1 Å². The fourth-order valence-corrected chi connectivity index (χ4v) is 8.73. The van der Waals surface area contributed by atoms with Crippen molar-refractivity contribution >= 4 is 5.97 Å². The molecule has 0 aromatic rings. The van der Waals surface area contributed by atoms with Crippen molar-refractivity contribution < 1.29 is 20.1 Å². The fraction of sp³-hybridized carbons (Fsp3) is 0.958. The van der Waals surface area contributed by atoms with Crippen LogP contribution in [0.1, 0.15) is 85.0 Å². The van der Waals surface area contributed by atoms with Crippen molar-refractivity contribution in [3.05, 3.63) is 0 Å². The maximum Gasteiger partial charge on any atom is 0.303 e. The van der Waals surface area contributed by atoms with Crippen LogP contribution in [0.25, 0.3) is 0 Å². The van der Waals surface area contributed by atoms with Crippen LogP contribution in [0.4, 0.5) is 0 Å². The van der Waals surface area contributed by atoms with Gasteiger partial charge < -0.3 is 15.3 Å². The number of aliphatic hydroxyl groups excluding tert-OH is 2. The maximum atomic E-state index is 11.2. The summed E-state index contributed by atoms with van der Waals surface area (Å²) in [6.07, 6.45) is 9.19. The maximum absolute atomic E-state index is 11.2. The minimum atomic E-state index is -0.684. The molecule has 4 heteroatoms. The molecule has 4 aliphatic carbocycles. The quantitative estimate of drug-likeness (QED) is 0.659. The summed E-state index contributed by atoms with van der Waals surface area (Å²) in [7, 11) is 0. The van der Waals surface area contributed by atoms with E-state index in [0.29, 0.717) is 35.5 Å². The van der Waals surface area contributed by atoms with Crippen LogP contribution < -0.4 is 0 Å². The molecule has 4 aliphatic rings. The molecular formula is C24H40O4. The summed E-state index contributed by atoms with van der Waals surface area (Å²) in [5.41, 5.74) is 0.523. The highest BCUT2D eigenvalue weighted by molar-refractivity contribution is 5.66. The summed E-state index contributed by atoms with van der Waals surface area (Å²) < 4.78 is 0. The topological polar surface area (TPSA) is 77.8 Å². The molecule has 4 fully saturated rings. The third-order valence-electron chi connectivity index (χ3n) is 10.2. The van der Waals surface area contributed by atoms with E-state index in [-0.39, 0.29) is 29.5 Å². The Morgan fingerprint density at radius 3 is 2.39 bits per heavy atom. The Labute approximate surface area is 170 Å². The molecule has 0 heterocycles. The molecule has 0 spiro atoms. The van der Waals surface area contributed by atoms with Gasteiger partial charge in [0.05, 0.1) is 12.2 Å². The minimum absolute atomic E-state index is 0.179. The van der Waals surface area contributed by atoms with Crippen LogP contribution in [0.5, 0.6) is 0 Å². The Morgan fingerprint density at radius 1 is 1.00 bits per heavy atom. The van der Waals surface area contributed by atoms with Crippen molar-refractivity contribution in [1.82, 2.24) is 0 Å². The molecule has 10 atom stereocenters. The van der Waals surface area contributed by atoms with Gasteiger partial charge in [0.15, 0.2) is 0 Å². The average Bonchev–Trinajstić information content (AvgIpc) is 2.98. The van der Waals surface area contributed by atoms with Gasteiger partial charge in [0, 0.05) is 6.42 Å². The second-order valence-corrected chi connectivity index (χ2v) is 11.4. The Hall–Kier alpha value is -0.610. The van der Waals surface area contributed by atoms with Crippen molar-refractivity contribution in [2.75, 3.05) is 0 Å². The highest BCUT2D eigenvalue weighted by Crippen LogP contribution is 2.68. The van der Waals surface area contributed by atoms with E-state index in [1.165, 1.54) is 25.7 Å².